The summed E-state index contributed by atoms with van der Waals surface area (Å²) in [6.45, 7) is 0. The van der Waals surface area contributed by atoms with Gasteiger partial charge in [-0.25, -0.2) is 0 Å². The molecule has 0 atom stereocenters. The predicted octanol–water partition coefficient (Wildman–Crippen LogP) is 4.83. The second-order valence-corrected chi connectivity index (χ2v) is 7.26. The molecule has 3 aromatic carbocycles. The minimum atomic E-state index is -0.392. The average Bonchev–Trinajstić information content (AvgIpc) is 2.85. The lowest BCUT2D eigenvalue weighted by Gasteiger charge is -2.15. The fourth-order valence-corrected chi connectivity index (χ4v) is 3.78. The van der Waals surface area contributed by atoms with Gasteiger partial charge in [0.15, 0.2) is 5.82 Å². The van der Waals surface area contributed by atoms with E-state index < -0.39 is 5.56 Å². The summed E-state index contributed by atoms with van der Waals surface area (Å²) in [5, 5.41) is 20.2. The van der Waals surface area contributed by atoms with Gasteiger partial charge in [-0.05, 0) is 29.8 Å². The van der Waals surface area contributed by atoms with E-state index in [1.807, 2.05) is 54.6 Å². The van der Waals surface area contributed by atoms with Gasteiger partial charge in [-0.1, -0.05) is 60.7 Å². The highest BCUT2D eigenvalue weighted by Gasteiger charge is 2.20. The van der Waals surface area contributed by atoms with Crippen LogP contribution in [0, 0.1) is 0 Å². The lowest BCUT2D eigenvalue weighted by molar-refractivity contribution is 0.415. The van der Waals surface area contributed by atoms with Crippen molar-refractivity contribution in [1.82, 2.24) is 14.8 Å². The van der Waals surface area contributed by atoms with E-state index in [1.165, 1.54) is 4.57 Å². The summed E-state index contributed by atoms with van der Waals surface area (Å²) in [7, 11) is 1.55. The van der Waals surface area contributed by atoms with E-state index in [0.717, 1.165) is 5.56 Å². The molecule has 0 saturated carbocycles. The molecular weight excluding hydrogens is 402 g/mol. The molecule has 5 aromatic rings. The second kappa shape index (κ2) is 8.00. The van der Waals surface area contributed by atoms with Gasteiger partial charge in [0.2, 0.25) is 0 Å². The van der Waals surface area contributed by atoms with E-state index in [-0.39, 0.29) is 11.3 Å². The summed E-state index contributed by atoms with van der Waals surface area (Å²) in [6.07, 6.45) is 0. The lowest BCUT2D eigenvalue weighted by atomic mass is 10.0. The van der Waals surface area contributed by atoms with Crippen LogP contribution < -0.4 is 10.3 Å². The molecule has 0 bridgehead atoms. The average molecular weight is 421 g/mol. The Labute approximate surface area is 184 Å². The molecule has 0 fully saturated rings. The van der Waals surface area contributed by atoms with Crippen LogP contribution in [0.3, 0.4) is 0 Å². The van der Waals surface area contributed by atoms with Crippen LogP contribution in [0.25, 0.3) is 39.1 Å². The van der Waals surface area contributed by atoms with Crippen LogP contribution in [0.15, 0.2) is 95.8 Å². The first-order valence-electron chi connectivity index (χ1n) is 10.1. The third kappa shape index (κ3) is 3.28. The van der Waals surface area contributed by atoms with Crippen molar-refractivity contribution in [3.8, 4) is 39.7 Å². The van der Waals surface area contributed by atoms with Gasteiger partial charge in [0.1, 0.15) is 11.5 Å². The van der Waals surface area contributed by atoms with Crippen LogP contribution in [-0.4, -0.2) is 27.0 Å². The molecule has 0 aliphatic carbocycles. The van der Waals surface area contributed by atoms with Crippen molar-refractivity contribution < 1.29 is 9.84 Å². The number of hydrogen-bond acceptors (Lipinski definition) is 5. The number of fused-ring (bicyclic) bond motifs is 1. The molecule has 0 spiro atoms. The molecule has 0 amide bonds. The van der Waals surface area contributed by atoms with Gasteiger partial charge < -0.3 is 9.84 Å². The molecule has 0 aliphatic rings. The van der Waals surface area contributed by atoms with Crippen molar-refractivity contribution in [2.75, 3.05) is 7.11 Å². The normalized spacial score (nSPS) is 10.9. The van der Waals surface area contributed by atoms with Crippen LogP contribution in [0.5, 0.6) is 11.5 Å². The third-order valence-electron chi connectivity index (χ3n) is 5.37. The fourth-order valence-electron chi connectivity index (χ4n) is 3.78. The molecule has 0 saturated heterocycles. The molecule has 0 aliphatic heterocycles. The number of pyridine rings is 1. The number of methoxy groups -OCH3 is 1. The molecule has 1 N–H and O–H groups in total. The molecular formula is C26H19N3O3. The van der Waals surface area contributed by atoms with Crippen molar-refractivity contribution >= 4 is 10.9 Å². The van der Waals surface area contributed by atoms with Gasteiger partial charge in [0, 0.05) is 17.0 Å². The first-order chi connectivity index (χ1) is 15.7. The molecule has 2 aromatic heterocycles. The molecule has 156 valence electrons. The number of aromatic hydroxyl groups is 1. The maximum atomic E-state index is 13.7. The maximum absolute atomic E-state index is 13.7. The molecule has 0 radical (unpaired) electrons. The zero-order valence-electron chi connectivity index (χ0n) is 17.3. The highest BCUT2D eigenvalue weighted by atomic mass is 16.5. The van der Waals surface area contributed by atoms with Gasteiger partial charge in [0.25, 0.3) is 5.56 Å². The van der Waals surface area contributed by atoms with Crippen LogP contribution in [0.1, 0.15) is 0 Å². The monoisotopic (exact) mass is 421 g/mol. The molecule has 0 unspecified atom stereocenters. The van der Waals surface area contributed by atoms with Gasteiger partial charge in [0.05, 0.1) is 23.9 Å². The van der Waals surface area contributed by atoms with Crippen molar-refractivity contribution in [3.63, 3.8) is 0 Å². The highest BCUT2D eigenvalue weighted by Crippen LogP contribution is 2.35. The number of benzene rings is 3. The number of hydrogen-bond donors (Lipinski definition) is 1. The van der Waals surface area contributed by atoms with Crippen molar-refractivity contribution in [2.45, 2.75) is 0 Å². The Morgan fingerprint density at radius 2 is 1.50 bits per heavy atom. The zero-order valence-corrected chi connectivity index (χ0v) is 17.3. The summed E-state index contributed by atoms with van der Waals surface area (Å²) in [6, 6.07) is 27.6. The van der Waals surface area contributed by atoms with E-state index in [2.05, 4.69) is 10.2 Å². The Morgan fingerprint density at radius 1 is 0.812 bits per heavy atom. The Bertz CT molecular complexity index is 1460. The summed E-state index contributed by atoms with van der Waals surface area (Å²) >= 11 is 0. The second-order valence-electron chi connectivity index (χ2n) is 7.26. The summed E-state index contributed by atoms with van der Waals surface area (Å²) in [5.41, 5.74) is 2.55. The number of rotatable bonds is 4. The van der Waals surface area contributed by atoms with Crippen molar-refractivity contribution in [3.05, 3.63) is 101 Å². The summed E-state index contributed by atoms with van der Waals surface area (Å²) in [5.74, 6) is 0.834. The van der Waals surface area contributed by atoms with E-state index >= 15 is 0 Å². The van der Waals surface area contributed by atoms with E-state index in [0.29, 0.717) is 33.7 Å². The number of aromatic nitrogens is 3. The highest BCUT2D eigenvalue weighted by molar-refractivity contribution is 5.93. The Balaban J connectivity index is 1.79. The minimum absolute atomic E-state index is 0.0797. The van der Waals surface area contributed by atoms with Gasteiger partial charge >= 0.3 is 0 Å². The predicted molar refractivity (Wildman–Crippen MR) is 124 cm³/mol. The van der Waals surface area contributed by atoms with Crippen LogP contribution >= 0.6 is 0 Å². The van der Waals surface area contributed by atoms with E-state index in [4.69, 9.17) is 4.74 Å². The SMILES string of the molecule is COc1ccc2c(O)c(-c3ccccc3)c(=O)n(-c3ccc(-c4ccccc4)nn3)c2c1. The van der Waals surface area contributed by atoms with Gasteiger partial charge in [-0.2, -0.15) is 0 Å². The minimum Gasteiger partial charge on any atom is -0.506 e. The smallest absolute Gasteiger partial charge is 0.268 e. The molecule has 5 rings (SSSR count). The van der Waals surface area contributed by atoms with E-state index in [1.54, 1.807) is 43.5 Å². The zero-order chi connectivity index (χ0) is 22.1. The third-order valence-corrected chi connectivity index (χ3v) is 5.37. The molecule has 6 heteroatoms. The number of ether oxygens (including phenoxy) is 1. The van der Waals surface area contributed by atoms with E-state index in [9.17, 15) is 9.90 Å². The number of nitrogens with zero attached hydrogens (tertiary/aromatic N) is 3. The molecule has 32 heavy (non-hydrogen) atoms. The van der Waals surface area contributed by atoms with Crippen molar-refractivity contribution in [2.24, 2.45) is 0 Å². The van der Waals surface area contributed by atoms with Gasteiger partial charge in [-0.3, -0.25) is 9.36 Å². The quantitative estimate of drug-likeness (QED) is 0.450. The first-order valence-corrected chi connectivity index (χ1v) is 10.1. The topological polar surface area (TPSA) is 77.2 Å². The fraction of sp³-hybridized carbons (Fsp3) is 0.0385. The van der Waals surface area contributed by atoms with Crippen LogP contribution in [-0.2, 0) is 0 Å². The van der Waals surface area contributed by atoms with Crippen LogP contribution in [0.4, 0.5) is 0 Å². The Morgan fingerprint density at radius 3 is 2.12 bits per heavy atom. The molecule has 2 heterocycles. The Kier molecular flexibility index (Phi) is 4.88. The largest absolute Gasteiger partial charge is 0.506 e. The summed E-state index contributed by atoms with van der Waals surface area (Å²) in [4.78, 5) is 13.7. The Hall–Kier alpha value is -4.45. The first kappa shape index (κ1) is 19.5. The lowest BCUT2D eigenvalue weighted by Crippen LogP contribution is -2.22. The van der Waals surface area contributed by atoms with Crippen LogP contribution in [0.2, 0.25) is 0 Å². The van der Waals surface area contributed by atoms with Crippen molar-refractivity contribution in [1.29, 1.82) is 0 Å². The standard InChI is InChI=1S/C26H19N3O3/c1-32-19-12-13-20-22(16-19)29(26(31)24(25(20)30)18-10-6-3-7-11-18)23-15-14-21(27-28-23)17-8-4-2-5-9-17/h2-16,30H,1H3. The molecule has 6 nitrogen and oxygen atoms in total. The maximum Gasteiger partial charge on any atom is 0.268 e. The van der Waals surface area contributed by atoms with Gasteiger partial charge in [-0.15, -0.1) is 10.2 Å². The summed E-state index contributed by atoms with van der Waals surface area (Å²) < 4.78 is 6.81.